The van der Waals surface area contributed by atoms with E-state index in [2.05, 4.69) is 10.4 Å². The van der Waals surface area contributed by atoms with Crippen molar-refractivity contribution in [2.75, 3.05) is 6.54 Å². The summed E-state index contributed by atoms with van der Waals surface area (Å²) in [5.41, 5.74) is 0.918. The van der Waals surface area contributed by atoms with Gasteiger partial charge in [0.05, 0.1) is 17.3 Å². The van der Waals surface area contributed by atoms with Crippen molar-refractivity contribution >= 4 is 11.6 Å². The van der Waals surface area contributed by atoms with Crippen LogP contribution in [0.3, 0.4) is 0 Å². The van der Waals surface area contributed by atoms with E-state index in [1.54, 1.807) is 0 Å². The van der Waals surface area contributed by atoms with Crippen molar-refractivity contribution in [3.05, 3.63) is 16.9 Å². The molecule has 0 bridgehead atoms. The van der Waals surface area contributed by atoms with Crippen LogP contribution >= 0.6 is 11.6 Å². The van der Waals surface area contributed by atoms with Crippen molar-refractivity contribution in [2.45, 2.75) is 58.0 Å². The number of aryl methyl sites for hydroxylation is 1. The highest BCUT2D eigenvalue weighted by Crippen LogP contribution is 2.17. The molecule has 1 fully saturated rings. The summed E-state index contributed by atoms with van der Waals surface area (Å²) in [5.74, 6) is 0. The van der Waals surface area contributed by atoms with Crippen LogP contribution in [0, 0.1) is 6.92 Å². The van der Waals surface area contributed by atoms with E-state index < -0.39 is 0 Å². The molecule has 1 aliphatic carbocycles. The van der Waals surface area contributed by atoms with E-state index in [9.17, 15) is 0 Å². The van der Waals surface area contributed by atoms with Gasteiger partial charge in [-0.25, -0.2) is 0 Å². The first-order chi connectivity index (χ1) is 8.25. The summed E-state index contributed by atoms with van der Waals surface area (Å²) in [6.45, 7) is 3.84. The van der Waals surface area contributed by atoms with E-state index in [4.69, 9.17) is 11.6 Å². The molecule has 1 saturated carbocycles. The van der Waals surface area contributed by atoms with Gasteiger partial charge in [-0.1, -0.05) is 37.3 Å². The average molecular weight is 256 g/mol. The average Bonchev–Trinajstić information content (AvgIpc) is 2.55. The van der Waals surface area contributed by atoms with E-state index in [0.29, 0.717) is 6.04 Å². The minimum absolute atomic E-state index is 0.713. The molecule has 1 aromatic rings. The van der Waals surface area contributed by atoms with Crippen molar-refractivity contribution in [1.29, 1.82) is 0 Å². The van der Waals surface area contributed by atoms with Crippen LogP contribution in [0.25, 0.3) is 0 Å². The van der Waals surface area contributed by atoms with E-state index in [-0.39, 0.29) is 0 Å². The molecular formula is C13H22ClN3. The molecular weight excluding hydrogens is 234 g/mol. The van der Waals surface area contributed by atoms with Gasteiger partial charge in [0.15, 0.2) is 0 Å². The summed E-state index contributed by atoms with van der Waals surface area (Å²) in [4.78, 5) is 0. The van der Waals surface area contributed by atoms with Crippen LogP contribution in [0.4, 0.5) is 0 Å². The summed E-state index contributed by atoms with van der Waals surface area (Å²) < 4.78 is 1.93. The minimum Gasteiger partial charge on any atom is -0.312 e. The molecule has 1 N–H and O–H groups in total. The number of halogens is 1. The molecule has 0 atom stereocenters. The standard InChI is InChI=1S/C13H22ClN3/c1-11-13(14)10-17(16-11)9-8-15-12-6-4-2-3-5-7-12/h10,12,15H,2-9H2,1H3. The summed E-state index contributed by atoms with van der Waals surface area (Å²) in [5, 5.41) is 8.75. The number of rotatable bonds is 4. The third-order valence-corrected chi connectivity index (χ3v) is 3.89. The van der Waals surface area contributed by atoms with Crippen LogP contribution in [0.15, 0.2) is 6.20 Å². The highest BCUT2D eigenvalue weighted by atomic mass is 35.5. The lowest BCUT2D eigenvalue weighted by molar-refractivity contribution is 0.436. The van der Waals surface area contributed by atoms with Crippen molar-refractivity contribution in [2.24, 2.45) is 0 Å². The molecule has 0 spiro atoms. The van der Waals surface area contributed by atoms with Gasteiger partial charge in [0, 0.05) is 18.8 Å². The number of nitrogens with zero attached hydrogens (tertiary/aromatic N) is 2. The fraction of sp³-hybridized carbons (Fsp3) is 0.769. The minimum atomic E-state index is 0.713. The first-order valence-electron chi connectivity index (χ1n) is 6.68. The molecule has 0 saturated heterocycles. The lowest BCUT2D eigenvalue weighted by atomic mass is 10.1. The quantitative estimate of drug-likeness (QED) is 0.838. The Bertz CT molecular complexity index is 321. The van der Waals surface area contributed by atoms with Gasteiger partial charge in [0.1, 0.15) is 0 Å². The van der Waals surface area contributed by atoms with Crippen molar-refractivity contribution in [1.82, 2.24) is 15.1 Å². The topological polar surface area (TPSA) is 29.9 Å². The zero-order chi connectivity index (χ0) is 12.1. The smallest absolute Gasteiger partial charge is 0.0814 e. The second kappa shape index (κ2) is 6.41. The summed E-state index contributed by atoms with van der Waals surface area (Å²) in [6.07, 6.45) is 10.1. The Hall–Kier alpha value is -0.540. The maximum absolute atomic E-state index is 5.97. The Labute approximate surface area is 109 Å². The predicted molar refractivity (Wildman–Crippen MR) is 71.5 cm³/mol. The Morgan fingerprint density at radius 3 is 2.65 bits per heavy atom. The van der Waals surface area contributed by atoms with Crippen LogP contribution in [0.2, 0.25) is 5.02 Å². The largest absolute Gasteiger partial charge is 0.312 e. The Balaban J connectivity index is 1.71. The number of hydrogen-bond acceptors (Lipinski definition) is 2. The third-order valence-electron chi connectivity index (χ3n) is 3.52. The van der Waals surface area contributed by atoms with E-state index in [0.717, 1.165) is 23.8 Å². The van der Waals surface area contributed by atoms with Gasteiger partial charge in [-0.05, 0) is 19.8 Å². The number of aromatic nitrogens is 2. The molecule has 0 unspecified atom stereocenters. The van der Waals surface area contributed by atoms with Gasteiger partial charge >= 0.3 is 0 Å². The van der Waals surface area contributed by atoms with Crippen LogP contribution in [-0.2, 0) is 6.54 Å². The Morgan fingerprint density at radius 1 is 1.35 bits per heavy atom. The van der Waals surface area contributed by atoms with Crippen molar-refractivity contribution in [3.63, 3.8) is 0 Å². The van der Waals surface area contributed by atoms with Gasteiger partial charge in [0.2, 0.25) is 0 Å². The van der Waals surface area contributed by atoms with Crippen LogP contribution < -0.4 is 5.32 Å². The monoisotopic (exact) mass is 255 g/mol. The summed E-state index contributed by atoms with van der Waals surface area (Å²) >= 11 is 5.97. The first-order valence-corrected chi connectivity index (χ1v) is 7.06. The molecule has 96 valence electrons. The Morgan fingerprint density at radius 2 is 2.06 bits per heavy atom. The zero-order valence-electron chi connectivity index (χ0n) is 10.6. The molecule has 3 nitrogen and oxygen atoms in total. The normalized spacial score (nSPS) is 18.2. The first kappa shape index (κ1) is 12.9. The van der Waals surface area contributed by atoms with E-state index in [1.165, 1.54) is 38.5 Å². The molecule has 1 aliphatic rings. The third kappa shape index (κ3) is 4.00. The molecule has 0 aliphatic heterocycles. The molecule has 1 aromatic heterocycles. The van der Waals surface area contributed by atoms with Crippen molar-refractivity contribution < 1.29 is 0 Å². The van der Waals surface area contributed by atoms with Gasteiger partial charge in [-0.3, -0.25) is 4.68 Å². The molecule has 0 aromatic carbocycles. The zero-order valence-corrected chi connectivity index (χ0v) is 11.3. The molecule has 17 heavy (non-hydrogen) atoms. The number of hydrogen-bond donors (Lipinski definition) is 1. The molecule has 0 amide bonds. The fourth-order valence-corrected chi connectivity index (χ4v) is 2.63. The van der Waals surface area contributed by atoms with Gasteiger partial charge in [-0.15, -0.1) is 0 Å². The second-order valence-corrected chi connectivity index (χ2v) is 5.38. The highest BCUT2D eigenvalue weighted by molar-refractivity contribution is 6.31. The number of nitrogens with one attached hydrogen (secondary N) is 1. The van der Waals surface area contributed by atoms with E-state index >= 15 is 0 Å². The maximum Gasteiger partial charge on any atom is 0.0814 e. The predicted octanol–water partition coefficient (Wildman–Crippen LogP) is 3.16. The maximum atomic E-state index is 5.97. The molecule has 4 heteroatoms. The molecule has 1 heterocycles. The molecule has 0 radical (unpaired) electrons. The second-order valence-electron chi connectivity index (χ2n) is 4.97. The van der Waals surface area contributed by atoms with Gasteiger partial charge < -0.3 is 5.32 Å². The molecule has 2 rings (SSSR count). The van der Waals surface area contributed by atoms with Crippen LogP contribution in [-0.4, -0.2) is 22.4 Å². The van der Waals surface area contributed by atoms with Crippen LogP contribution in [0.5, 0.6) is 0 Å². The highest BCUT2D eigenvalue weighted by Gasteiger charge is 2.11. The van der Waals surface area contributed by atoms with Gasteiger partial charge in [-0.2, -0.15) is 5.10 Å². The summed E-state index contributed by atoms with van der Waals surface area (Å²) in [7, 11) is 0. The summed E-state index contributed by atoms with van der Waals surface area (Å²) in [6, 6.07) is 0.713. The van der Waals surface area contributed by atoms with Crippen LogP contribution in [0.1, 0.15) is 44.2 Å². The Kier molecular flexibility index (Phi) is 4.86. The lowest BCUT2D eigenvalue weighted by Gasteiger charge is -2.15. The van der Waals surface area contributed by atoms with Gasteiger partial charge in [0.25, 0.3) is 0 Å². The lowest BCUT2D eigenvalue weighted by Crippen LogP contribution is -2.31. The van der Waals surface area contributed by atoms with Crippen molar-refractivity contribution in [3.8, 4) is 0 Å². The SMILES string of the molecule is Cc1nn(CCNC2CCCCCC2)cc1Cl. The van der Waals surface area contributed by atoms with E-state index in [1.807, 2.05) is 17.8 Å². The fourth-order valence-electron chi connectivity index (χ4n) is 2.47.